The third-order valence-corrected chi connectivity index (χ3v) is 4.52. The maximum atomic E-state index is 13.8. The van der Waals surface area contributed by atoms with Gasteiger partial charge in [0.15, 0.2) is 11.6 Å². The zero-order chi connectivity index (χ0) is 17.1. The molecule has 2 N–H and O–H groups in total. The fraction of sp³-hybridized carbons (Fsp3) is 0.300. The molecule has 1 heterocycles. The highest BCUT2D eigenvalue weighted by atomic mass is 19.1. The van der Waals surface area contributed by atoms with Crippen molar-refractivity contribution in [2.75, 3.05) is 13.7 Å². The van der Waals surface area contributed by atoms with Crippen LogP contribution in [0.15, 0.2) is 36.4 Å². The summed E-state index contributed by atoms with van der Waals surface area (Å²) in [4.78, 5) is 0. The molecule has 2 aromatic rings. The monoisotopic (exact) mass is 327 g/mol. The number of aliphatic hydroxyl groups is 1. The summed E-state index contributed by atoms with van der Waals surface area (Å²) < 4.78 is 18.7. The second kappa shape index (κ2) is 7.16. The summed E-state index contributed by atoms with van der Waals surface area (Å²) in [6.07, 6.45) is 4.92. The van der Waals surface area contributed by atoms with Crippen LogP contribution in [-0.4, -0.2) is 18.8 Å². The Bertz CT molecular complexity index is 770. The van der Waals surface area contributed by atoms with Crippen LogP contribution in [-0.2, 0) is 13.0 Å². The van der Waals surface area contributed by atoms with E-state index in [1.807, 2.05) is 25.1 Å². The average Bonchev–Trinajstić information content (AvgIpc) is 2.59. The molecule has 1 aliphatic rings. The van der Waals surface area contributed by atoms with Gasteiger partial charge in [0.2, 0.25) is 0 Å². The van der Waals surface area contributed by atoms with Gasteiger partial charge in [-0.25, -0.2) is 4.39 Å². The number of fused-ring (bicyclic) bond motifs is 1. The Morgan fingerprint density at radius 1 is 1.33 bits per heavy atom. The van der Waals surface area contributed by atoms with Gasteiger partial charge in [0.25, 0.3) is 0 Å². The molecule has 1 aliphatic heterocycles. The molecule has 1 unspecified atom stereocenters. The fourth-order valence-electron chi connectivity index (χ4n) is 3.15. The smallest absolute Gasteiger partial charge is 0.165 e. The minimum Gasteiger partial charge on any atom is -0.494 e. The molecule has 0 amide bonds. The lowest BCUT2D eigenvalue weighted by Crippen LogP contribution is -2.28. The van der Waals surface area contributed by atoms with E-state index in [0.717, 1.165) is 29.7 Å². The maximum Gasteiger partial charge on any atom is 0.165 e. The number of ether oxygens (including phenoxy) is 1. The van der Waals surface area contributed by atoms with E-state index in [-0.39, 0.29) is 24.2 Å². The number of benzene rings is 2. The average molecular weight is 327 g/mol. The molecule has 1 atom stereocenters. The van der Waals surface area contributed by atoms with Gasteiger partial charge in [-0.05, 0) is 53.3 Å². The second-order valence-electron chi connectivity index (χ2n) is 6.07. The molecule has 24 heavy (non-hydrogen) atoms. The molecule has 0 saturated carbocycles. The van der Waals surface area contributed by atoms with E-state index in [1.165, 1.54) is 24.3 Å². The Morgan fingerprint density at radius 3 is 2.88 bits per heavy atom. The van der Waals surface area contributed by atoms with Crippen molar-refractivity contribution < 1.29 is 14.2 Å². The van der Waals surface area contributed by atoms with Gasteiger partial charge in [0, 0.05) is 6.54 Å². The quantitative estimate of drug-likeness (QED) is 0.902. The first-order valence-corrected chi connectivity index (χ1v) is 8.10. The summed E-state index contributed by atoms with van der Waals surface area (Å²) in [7, 11) is 1.46. The van der Waals surface area contributed by atoms with Crippen LogP contribution in [0.4, 0.5) is 4.39 Å². The van der Waals surface area contributed by atoms with Gasteiger partial charge in [0.05, 0.1) is 19.8 Å². The molecule has 3 rings (SSSR count). The highest BCUT2D eigenvalue weighted by molar-refractivity contribution is 5.53. The number of nitrogens with one attached hydrogen (secondary N) is 1. The lowest BCUT2D eigenvalue weighted by molar-refractivity contribution is 0.280. The molecule has 126 valence electrons. The summed E-state index contributed by atoms with van der Waals surface area (Å²) in [6, 6.07) is 9.22. The van der Waals surface area contributed by atoms with Crippen molar-refractivity contribution in [2.24, 2.45) is 0 Å². The standard InChI is InChI=1S/C20H22FNO2/c1-13-9-15-7-8-22-19(17(15)11-16(13)12-23)5-3-14-4-6-20(24-2)18(21)10-14/h3-6,9-11,19,22-23H,7-8,12H2,1-2H3/b5-3+. The molecule has 0 fully saturated rings. The first-order chi connectivity index (χ1) is 11.6. The van der Waals surface area contributed by atoms with E-state index >= 15 is 0 Å². The molecule has 3 nitrogen and oxygen atoms in total. The molecule has 2 aromatic carbocycles. The minimum atomic E-state index is -0.366. The van der Waals surface area contributed by atoms with Crippen molar-refractivity contribution >= 4 is 6.08 Å². The van der Waals surface area contributed by atoms with Crippen LogP contribution in [0, 0.1) is 12.7 Å². The maximum absolute atomic E-state index is 13.8. The van der Waals surface area contributed by atoms with Gasteiger partial charge < -0.3 is 15.2 Å². The molecule has 0 bridgehead atoms. The Morgan fingerprint density at radius 2 is 2.17 bits per heavy atom. The van der Waals surface area contributed by atoms with E-state index in [2.05, 4.69) is 17.4 Å². The molecule has 0 radical (unpaired) electrons. The van der Waals surface area contributed by atoms with E-state index in [1.54, 1.807) is 6.07 Å². The van der Waals surface area contributed by atoms with Crippen LogP contribution in [0.3, 0.4) is 0 Å². The van der Waals surface area contributed by atoms with Crippen molar-refractivity contribution in [2.45, 2.75) is 26.0 Å². The topological polar surface area (TPSA) is 41.5 Å². The predicted molar refractivity (Wildman–Crippen MR) is 93.5 cm³/mol. The van der Waals surface area contributed by atoms with E-state index < -0.39 is 0 Å². The van der Waals surface area contributed by atoms with Crippen LogP contribution in [0.1, 0.15) is 33.9 Å². The third-order valence-electron chi connectivity index (χ3n) is 4.52. The highest BCUT2D eigenvalue weighted by Gasteiger charge is 2.18. The summed E-state index contributed by atoms with van der Waals surface area (Å²) in [5, 5.41) is 13.0. The Hall–Kier alpha value is -2.17. The summed E-state index contributed by atoms with van der Waals surface area (Å²) >= 11 is 0. The van der Waals surface area contributed by atoms with Crippen molar-refractivity contribution in [1.29, 1.82) is 0 Å². The van der Waals surface area contributed by atoms with E-state index in [0.29, 0.717) is 0 Å². The zero-order valence-electron chi connectivity index (χ0n) is 14.0. The molecule has 0 saturated heterocycles. The summed E-state index contributed by atoms with van der Waals surface area (Å²) in [5.74, 6) is -0.119. The first-order valence-electron chi connectivity index (χ1n) is 8.10. The normalized spacial score (nSPS) is 17.1. The fourth-order valence-corrected chi connectivity index (χ4v) is 3.15. The van der Waals surface area contributed by atoms with E-state index in [9.17, 15) is 9.50 Å². The Balaban J connectivity index is 1.88. The molecule has 0 aromatic heterocycles. The van der Waals surface area contributed by atoms with Crippen LogP contribution >= 0.6 is 0 Å². The SMILES string of the molecule is COc1ccc(/C=C/C2NCCc3cc(C)c(CO)cc32)cc1F. The van der Waals surface area contributed by atoms with Crippen LogP contribution in [0.25, 0.3) is 6.08 Å². The first kappa shape index (κ1) is 16.7. The zero-order valence-corrected chi connectivity index (χ0v) is 14.0. The Labute approximate surface area is 141 Å². The number of hydrogen-bond donors (Lipinski definition) is 2. The number of aliphatic hydroxyl groups excluding tert-OH is 1. The van der Waals surface area contributed by atoms with Crippen molar-refractivity contribution in [1.82, 2.24) is 5.32 Å². The molecule has 4 heteroatoms. The van der Waals surface area contributed by atoms with Crippen molar-refractivity contribution in [3.05, 3.63) is 70.0 Å². The molecule has 0 spiro atoms. The molecular formula is C20H22FNO2. The van der Waals surface area contributed by atoms with Gasteiger partial charge in [-0.2, -0.15) is 0 Å². The number of aryl methyl sites for hydroxylation is 1. The van der Waals surface area contributed by atoms with Crippen LogP contribution in [0.5, 0.6) is 5.75 Å². The van der Waals surface area contributed by atoms with Gasteiger partial charge in [0.1, 0.15) is 0 Å². The lowest BCUT2D eigenvalue weighted by Gasteiger charge is -2.26. The molecule has 0 aliphatic carbocycles. The summed E-state index contributed by atoms with van der Waals surface area (Å²) in [6.45, 7) is 2.97. The number of methoxy groups -OCH3 is 1. The van der Waals surface area contributed by atoms with Crippen LogP contribution < -0.4 is 10.1 Å². The largest absolute Gasteiger partial charge is 0.494 e. The van der Waals surface area contributed by atoms with Crippen molar-refractivity contribution in [3.8, 4) is 5.75 Å². The molecular weight excluding hydrogens is 305 g/mol. The van der Waals surface area contributed by atoms with Gasteiger partial charge in [-0.3, -0.25) is 0 Å². The van der Waals surface area contributed by atoms with Crippen molar-refractivity contribution in [3.63, 3.8) is 0 Å². The van der Waals surface area contributed by atoms with Gasteiger partial charge in [-0.1, -0.05) is 30.4 Å². The summed E-state index contributed by atoms with van der Waals surface area (Å²) in [5.41, 5.74) is 5.35. The van der Waals surface area contributed by atoms with E-state index in [4.69, 9.17) is 4.74 Å². The lowest BCUT2D eigenvalue weighted by atomic mass is 9.90. The van der Waals surface area contributed by atoms with Gasteiger partial charge >= 0.3 is 0 Å². The van der Waals surface area contributed by atoms with Gasteiger partial charge in [-0.15, -0.1) is 0 Å². The van der Waals surface area contributed by atoms with Crippen LogP contribution in [0.2, 0.25) is 0 Å². The number of hydrogen-bond acceptors (Lipinski definition) is 3. The number of rotatable bonds is 4. The highest BCUT2D eigenvalue weighted by Crippen LogP contribution is 2.28. The Kier molecular flexibility index (Phi) is 4.97. The minimum absolute atomic E-state index is 0.0409. The second-order valence-corrected chi connectivity index (χ2v) is 6.07. The predicted octanol–water partition coefficient (Wildman–Crippen LogP) is 3.54. The third kappa shape index (κ3) is 3.35. The number of halogens is 1.